The quantitative estimate of drug-likeness (QED) is 0.779. The molecule has 4 nitrogen and oxygen atoms in total. The molecule has 0 aromatic carbocycles. The first kappa shape index (κ1) is 10.9. The van der Waals surface area contributed by atoms with Crippen LogP contribution in [0.3, 0.4) is 0 Å². The predicted octanol–water partition coefficient (Wildman–Crippen LogP) is 2.00. The number of aromatic amines is 1. The SMILES string of the molecule is COc1cc[nH]c1C=C1C(=O)NC2=CC=CCC21. The van der Waals surface area contributed by atoms with Crippen LogP contribution >= 0.6 is 0 Å². The molecule has 1 aromatic heterocycles. The molecular weight excluding hydrogens is 228 g/mol. The van der Waals surface area contributed by atoms with Gasteiger partial charge in [-0.1, -0.05) is 12.2 Å². The maximum atomic E-state index is 12.0. The molecule has 1 atom stereocenters. The molecule has 0 saturated carbocycles. The maximum Gasteiger partial charge on any atom is 0.252 e. The van der Waals surface area contributed by atoms with E-state index in [1.165, 1.54) is 0 Å². The number of methoxy groups -OCH3 is 1. The summed E-state index contributed by atoms with van der Waals surface area (Å²) >= 11 is 0. The van der Waals surface area contributed by atoms with Crippen molar-refractivity contribution in [3.05, 3.63) is 47.5 Å². The fraction of sp³-hybridized carbons (Fsp3) is 0.214. The highest BCUT2D eigenvalue weighted by molar-refractivity contribution is 6.03. The van der Waals surface area contributed by atoms with Gasteiger partial charge in [0.1, 0.15) is 5.75 Å². The van der Waals surface area contributed by atoms with Crippen LogP contribution < -0.4 is 10.1 Å². The van der Waals surface area contributed by atoms with Crippen LogP contribution in [0.5, 0.6) is 5.75 Å². The number of carbonyl (C=O) groups is 1. The van der Waals surface area contributed by atoms with Crippen LogP contribution in [-0.4, -0.2) is 18.0 Å². The molecule has 1 aromatic rings. The number of hydrogen-bond acceptors (Lipinski definition) is 2. The molecule has 92 valence electrons. The number of fused-ring (bicyclic) bond motifs is 1. The van der Waals surface area contributed by atoms with Crippen molar-refractivity contribution in [1.29, 1.82) is 0 Å². The van der Waals surface area contributed by atoms with Gasteiger partial charge in [0.2, 0.25) is 0 Å². The van der Waals surface area contributed by atoms with Gasteiger partial charge in [0.15, 0.2) is 0 Å². The first-order valence-electron chi connectivity index (χ1n) is 5.90. The fourth-order valence-corrected chi connectivity index (χ4v) is 2.39. The summed E-state index contributed by atoms with van der Waals surface area (Å²) in [4.78, 5) is 15.0. The Bertz CT molecular complexity index is 578. The van der Waals surface area contributed by atoms with Crippen molar-refractivity contribution in [2.45, 2.75) is 6.42 Å². The summed E-state index contributed by atoms with van der Waals surface area (Å²) in [5.74, 6) is 0.876. The maximum absolute atomic E-state index is 12.0. The minimum absolute atomic E-state index is 0.0217. The van der Waals surface area contributed by atoms with Gasteiger partial charge in [0, 0.05) is 23.4 Å². The highest BCUT2D eigenvalue weighted by Gasteiger charge is 2.32. The number of ether oxygens (including phenoxy) is 1. The Labute approximate surface area is 105 Å². The number of carbonyl (C=O) groups excluding carboxylic acids is 1. The van der Waals surface area contributed by atoms with Crippen LogP contribution in [0.15, 0.2) is 41.8 Å². The largest absolute Gasteiger partial charge is 0.495 e. The van der Waals surface area contributed by atoms with Crippen LogP contribution in [0, 0.1) is 5.92 Å². The van der Waals surface area contributed by atoms with Crippen molar-refractivity contribution in [1.82, 2.24) is 10.3 Å². The molecule has 1 aliphatic carbocycles. The lowest BCUT2D eigenvalue weighted by Crippen LogP contribution is -2.13. The Morgan fingerprint density at radius 2 is 2.39 bits per heavy atom. The summed E-state index contributed by atoms with van der Waals surface area (Å²) in [7, 11) is 1.62. The summed E-state index contributed by atoms with van der Waals surface area (Å²) in [6.07, 6.45) is 10.5. The monoisotopic (exact) mass is 242 g/mol. The minimum atomic E-state index is -0.0217. The second-order valence-electron chi connectivity index (χ2n) is 4.35. The van der Waals surface area contributed by atoms with E-state index in [0.717, 1.165) is 29.1 Å². The molecule has 3 rings (SSSR count). The summed E-state index contributed by atoms with van der Waals surface area (Å²) in [6, 6.07) is 1.84. The van der Waals surface area contributed by atoms with Gasteiger partial charge in [-0.15, -0.1) is 0 Å². The zero-order chi connectivity index (χ0) is 12.5. The summed E-state index contributed by atoms with van der Waals surface area (Å²) in [5, 5.41) is 2.90. The standard InChI is InChI=1S/C14H14N2O2/c1-18-13-6-7-15-12(13)8-10-9-4-2-3-5-11(9)16-14(10)17/h2-3,5-9,15H,4H2,1H3,(H,16,17). The molecule has 1 unspecified atom stereocenters. The topological polar surface area (TPSA) is 54.1 Å². The summed E-state index contributed by atoms with van der Waals surface area (Å²) in [6.45, 7) is 0. The van der Waals surface area contributed by atoms with E-state index in [-0.39, 0.29) is 11.8 Å². The molecule has 1 aliphatic heterocycles. The van der Waals surface area contributed by atoms with Gasteiger partial charge in [-0.05, 0) is 24.6 Å². The third-order valence-corrected chi connectivity index (χ3v) is 3.31. The average molecular weight is 242 g/mol. The lowest BCUT2D eigenvalue weighted by molar-refractivity contribution is -0.115. The van der Waals surface area contributed by atoms with Gasteiger partial charge in [0.25, 0.3) is 5.91 Å². The number of rotatable bonds is 2. The second kappa shape index (κ2) is 4.22. The van der Waals surface area contributed by atoms with Crippen molar-refractivity contribution < 1.29 is 9.53 Å². The molecule has 0 bridgehead atoms. The normalized spacial score (nSPS) is 23.8. The van der Waals surface area contributed by atoms with E-state index >= 15 is 0 Å². The van der Waals surface area contributed by atoms with Gasteiger partial charge in [-0.3, -0.25) is 4.79 Å². The van der Waals surface area contributed by atoms with Crippen molar-refractivity contribution in [3.8, 4) is 5.75 Å². The smallest absolute Gasteiger partial charge is 0.252 e. The molecule has 18 heavy (non-hydrogen) atoms. The van der Waals surface area contributed by atoms with E-state index < -0.39 is 0 Å². The molecule has 2 heterocycles. The van der Waals surface area contributed by atoms with E-state index in [1.807, 2.05) is 24.3 Å². The summed E-state index contributed by atoms with van der Waals surface area (Å²) in [5.41, 5.74) is 2.60. The molecule has 0 spiro atoms. The Balaban J connectivity index is 1.99. The van der Waals surface area contributed by atoms with E-state index in [4.69, 9.17) is 4.74 Å². The van der Waals surface area contributed by atoms with Crippen molar-refractivity contribution in [2.24, 2.45) is 5.92 Å². The number of allylic oxidation sites excluding steroid dienone is 4. The molecule has 0 radical (unpaired) electrons. The van der Waals surface area contributed by atoms with Crippen molar-refractivity contribution in [2.75, 3.05) is 7.11 Å². The van der Waals surface area contributed by atoms with Crippen molar-refractivity contribution in [3.63, 3.8) is 0 Å². The molecular formula is C14H14N2O2. The van der Waals surface area contributed by atoms with Gasteiger partial charge >= 0.3 is 0 Å². The van der Waals surface area contributed by atoms with Crippen LogP contribution in [0.4, 0.5) is 0 Å². The second-order valence-corrected chi connectivity index (χ2v) is 4.35. The first-order chi connectivity index (χ1) is 8.79. The lowest BCUT2D eigenvalue weighted by Gasteiger charge is -2.11. The molecule has 1 fully saturated rings. The highest BCUT2D eigenvalue weighted by Crippen LogP contribution is 2.34. The van der Waals surface area contributed by atoms with Gasteiger partial charge in [0.05, 0.1) is 12.8 Å². The number of amides is 1. The van der Waals surface area contributed by atoms with Crippen LogP contribution in [0.25, 0.3) is 6.08 Å². The van der Waals surface area contributed by atoms with Crippen LogP contribution in [0.2, 0.25) is 0 Å². The number of nitrogens with one attached hydrogen (secondary N) is 2. The first-order valence-corrected chi connectivity index (χ1v) is 5.90. The van der Waals surface area contributed by atoms with E-state index in [0.29, 0.717) is 0 Å². The van der Waals surface area contributed by atoms with Crippen molar-refractivity contribution >= 4 is 12.0 Å². The Morgan fingerprint density at radius 3 is 3.22 bits per heavy atom. The third kappa shape index (κ3) is 1.66. The number of hydrogen-bond donors (Lipinski definition) is 2. The number of H-pyrrole nitrogens is 1. The Hall–Kier alpha value is -2.23. The third-order valence-electron chi connectivity index (χ3n) is 3.31. The predicted molar refractivity (Wildman–Crippen MR) is 68.8 cm³/mol. The Kier molecular flexibility index (Phi) is 2.55. The lowest BCUT2D eigenvalue weighted by atomic mass is 9.92. The molecule has 4 heteroatoms. The van der Waals surface area contributed by atoms with E-state index in [2.05, 4.69) is 16.4 Å². The average Bonchev–Trinajstić information content (AvgIpc) is 2.95. The highest BCUT2D eigenvalue weighted by atomic mass is 16.5. The molecule has 1 amide bonds. The molecule has 2 aliphatic rings. The van der Waals surface area contributed by atoms with E-state index in [9.17, 15) is 4.79 Å². The van der Waals surface area contributed by atoms with Gasteiger partial charge < -0.3 is 15.0 Å². The Morgan fingerprint density at radius 1 is 1.50 bits per heavy atom. The fourth-order valence-electron chi connectivity index (χ4n) is 2.39. The van der Waals surface area contributed by atoms with Crippen LogP contribution in [-0.2, 0) is 4.79 Å². The molecule has 2 N–H and O–H groups in total. The zero-order valence-corrected chi connectivity index (χ0v) is 10.1. The van der Waals surface area contributed by atoms with Gasteiger partial charge in [-0.25, -0.2) is 0 Å². The number of aromatic nitrogens is 1. The van der Waals surface area contributed by atoms with E-state index in [1.54, 1.807) is 13.3 Å². The molecule has 1 saturated heterocycles. The van der Waals surface area contributed by atoms with Gasteiger partial charge in [-0.2, -0.15) is 0 Å². The zero-order valence-electron chi connectivity index (χ0n) is 10.1. The minimum Gasteiger partial charge on any atom is -0.495 e. The van der Waals surface area contributed by atoms with Crippen LogP contribution in [0.1, 0.15) is 12.1 Å². The summed E-state index contributed by atoms with van der Waals surface area (Å²) < 4.78 is 5.23.